The van der Waals surface area contributed by atoms with Gasteiger partial charge in [-0.2, -0.15) is 0 Å². The van der Waals surface area contributed by atoms with Crippen molar-refractivity contribution in [1.29, 1.82) is 0 Å². The molecule has 1 unspecified atom stereocenters. The number of rotatable bonds is 6. The largest absolute Gasteiger partial charge is 0.496 e. The number of aryl methyl sites for hydroxylation is 1. The van der Waals surface area contributed by atoms with Crippen LogP contribution in [0.5, 0.6) is 5.75 Å². The third-order valence-electron chi connectivity index (χ3n) is 3.25. The molecule has 0 aliphatic heterocycles. The molecule has 0 bridgehead atoms. The van der Waals surface area contributed by atoms with Crippen LogP contribution in [0.1, 0.15) is 35.4 Å². The minimum atomic E-state index is 0.201. The summed E-state index contributed by atoms with van der Waals surface area (Å²) in [5.41, 5.74) is 2.70. The van der Waals surface area contributed by atoms with E-state index in [0.29, 0.717) is 0 Å². The lowest BCUT2D eigenvalue weighted by atomic mass is 10.0. The smallest absolute Gasteiger partial charge is 0.134 e. The highest BCUT2D eigenvalue weighted by Crippen LogP contribution is 2.34. The summed E-state index contributed by atoms with van der Waals surface area (Å²) < 4.78 is 5.44. The maximum atomic E-state index is 5.44. The summed E-state index contributed by atoms with van der Waals surface area (Å²) in [6.45, 7) is 2.21. The van der Waals surface area contributed by atoms with Gasteiger partial charge >= 0.3 is 0 Å². The Labute approximate surface area is 119 Å². The molecule has 0 fully saturated rings. The van der Waals surface area contributed by atoms with Gasteiger partial charge in [-0.05, 0) is 36.0 Å². The lowest BCUT2D eigenvalue weighted by molar-refractivity contribution is 0.408. The highest BCUT2D eigenvalue weighted by atomic mass is 32.1. The molecule has 19 heavy (non-hydrogen) atoms. The van der Waals surface area contributed by atoms with Crippen LogP contribution in [0.15, 0.2) is 35.7 Å². The van der Waals surface area contributed by atoms with Gasteiger partial charge in [0.05, 0.1) is 18.0 Å². The predicted molar refractivity (Wildman–Crippen MR) is 82.2 cm³/mol. The summed E-state index contributed by atoms with van der Waals surface area (Å²) in [7, 11) is 3.72. The molecule has 2 rings (SSSR count). The Bertz CT molecular complexity index is 521. The van der Waals surface area contributed by atoms with Gasteiger partial charge in [-0.25, -0.2) is 0 Å². The van der Waals surface area contributed by atoms with Crippen molar-refractivity contribution in [2.24, 2.45) is 0 Å². The van der Waals surface area contributed by atoms with Crippen LogP contribution < -0.4 is 10.1 Å². The Morgan fingerprint density at radius 3 is 2.84 bits per heavy atom. The van der Waals surface area contributed by atoms with Gasteiger partial charge in [-0.15, -0.1) is 11.3 Å². The molecule has 1 heterocycles. The number of hydrogen-bond acceptors (Lipinski definition) is 3. The maximum absolute atomic E-state index is 5.44. The fourth-order valence-electron chi connectivity index (χ4n) is 2.35. The van der Waals surface area contributed by atoms with Gasteiger partial charge in [0.15, 0.2) is 0 Å². The normalized spacial score (nSPS) is 12.4. The van der Waals surface area contributed by atoms with E-state index < -0.39 is 0 Å². The second kappa shape index (κ2) is 6.73. The van der Waals surface area contributed by atoms with Gasteiger partial charge in [0.25, 0.3) is 0 Å². The van der Waals surface area contributed by atoms with Crippen molar-refractivity contribution in [1.82, 2.24) is 5.32 Å². The zero-order valence-corrected chi connectivity index (χ0v) is 12.6. The zero-order chi connectivity index (χ0) is 13.7. The van der Waals surface area contributed by atoms with E-state index in [1.54, 1.807) is 18.4 Å². The van der Waals surface area contributed by atoms with Crippen molar-refractivity contribution in [2.45, 2.75) is 25.8 Å². The van der Waals surface area contributed by atoms with Crippen LogP contribution in [0.25, 0.3) is 0 Å². The number of benzene rings is 1. The molecule has 3 heteroatoms. The molecule has 1 aromatic heterocycles. The van der Waals surface area contributed by atoms with Crippen molar-refractivity contribution in [3.8, 4) is 5.75 Å². The molecule has 0 saturated heterocycles. The second-order valence-electron chi connectivity index (χ2n) is 4.57. The average Bonchev–Trinajstić information content (AvgIpc) is 2.89. The van der Waals surface area contributed by atoms with E-state index in [2.05, 4.69) is 41.9 Å². The molecule has 2 aromatic rings. The summed E-state index contributed by atoms with van der Waals surface area (Å²) in [6, 6.07) is 11.0. The van der Waals surface area contributed by atoms with Crippen LogP contribution in [0.3, 0.4) is 0 Å². The highest BCUT2D eigenvalue weighted by Gasteiger charge is 2.18. The molecule has 102 valence electrons. The Kier molecular flexibility index (Phi) is 5.00. The average molecular weight is 275 g/mol. The van der Waals surface area contributed by atoms with Crippen LogP contribution in [-0.2, 0) is 6.42 Å². The molecular weight excluding hydrogens is 254 g/mol. The van der Waals surface area contributed by atoms with E-state index in [1.165, 1.54) is 22.4 Å². The molecule has 0 saturated carbocycles. The summed E-state index contributed by atoms with van der Waals surface area (Å²) >= 11 is 1.73. The van der Waals surface area contributed by atoms with E-state index in [9.17, 15) is 0 Å². The zero-order valence-electron chi connectivity index (χ0n) is 11.8. The van der Waals surface area contributed by atoms with E-state index in [4.69, 9.17) is 4.74 Å². The summed E-state index contributed by atoms with van der Waals surface area (Å²) in [5, 5.41) is 5.47. The Hall–Kier alpha value is -1.32. The predicted octanol–water partition coefficient (Wildman–Crippen LogP) is 4.02. The van der Waals surface area contributed by atoms with Crippen molar-refractivity contribution in [2.75, 3.05) is 14.2 Å². The standard InChI is InChI=1S/C16H21NOS/c1-4-6-12-7-5-8-13(11-12)15(17-2)16-14(18-3)9-10-19-16/h5,7-11,15,17H,4,6H2,1-3H3. The van der Waals surface area contributed by atoms with Crippen LogP contribution in [0, 0.1) is 0 Å². The van der Waals surface area contributed by atoms with Gasteiger partial charge in [0.2, 0.25) is 0 Å². The van der Waals surface area contributed by atoms with Crippen molar-refractivity contribution in [3.63, 3.8) is 0 Å². The lowest BCUT2D eigenvalue weighted by Gasteiger charge is -2.17. The van der Waals surface area contributed by atoms with E-state index >= 15 is 0 Å². The molecule has 2 nitrogen and oxygen atoms in total. The maximum Gasteiger partial charge on any atom is 0.134 e. The first-order chi connectivity index (χ1) is 9.30. The van der Waals surface area contributed by atoms with Gasteiger partial charge in [-0.3, -0.25) is 0 Å². The fraction of sp³-hybridized carbons (Fsp3) is 0.375. The first kappa shape index (κ1) is 14.1. The topological polar surface area (TPSA) is 21.3 Å². The van der Waals surface area contributed by atoms with Crippen LogP contribution in [0.2, 0.25) is 0 Å². The van der Waals surface area contributed by atoms with Crippen LogP contribution in [-0.4, -0.2) is 14.2 Å². The van der Waals surface area contributed by atoms with Crippen LogP contribution in [0.4, 0.5) is 0 Å². The fourth-order valence-corrected chi connectivity index (χ4v) is 3.35. The molecule has 0 amide bonds. The number of thiophene rings is 1. The van der Waals surface area contributed by atoms with Crippen LogP contribution >= 0.6 is 11.3 Å². The first-order valence-electron chi connectivity index (χ1n) is 6.67. The van der Waals surface area contributed by atoms with Gasteiger partial charge in [-0.1, -0.05) is 37.6 Å². The van der Waals surface area contributed by atoms with Gasteiger partial charge < -0.3 is 10.1 Å². The minimum absolute atomic E-state index is 0.201. The number of methoxy groups -OCH3 is 1. The van der Waals surface area contributed by atoms with E-state index in [0.717, 1.165) is 12.2 Å². The van der Waals surface area contributed by atoms with Gasteiger partial charge in [0, 0.05) is 0 Å². The molecule has 0 spiro atoms. The van der Waals surface area contributed by atoms with Crippen molar-refractivity contribution >= 4 is 11.3 Å². The third kappa shape index (κ3) is 3.17. The van der Waals surface area contributed by atoms with Gasteiger partial charge in [0.1, 0.15) is 5.75 Å². The number of ether oxygens (including phenoxy) is 1. The minimum Gasteiger partial charge on any atom is -0.496 e. The highest BCUT2D eigenvalue weighted by molar-refractivity contribution is 7.10. The Morgan fingerprint density at radius 1 is 1.32 bits per heavy atom. The molecule has 0 aliphatic rings. The monoisotopic (exact) mass is 275 g/mol. The summed E-state index contributed by atoms with van der Waals surface area (Å²) in [6.07, 6.45) is 2.31. The number of hydrogen-bond donors (Lipinski definition) is 1. The molecular formula is C16H21NOS. The summed E-state index contributed by atoms with van der Waals surface area (Å²) in [4.78, 5) is 1.23. The SMILES string of the molecule is CCCc1cccc(C(NC)c2sccc2OC)c1. The Balaban J connectivity index is 2.34. The van der Waals surface area contributed by atoms with Crippen molar-refractivity contribution in [3.05, 3.63) is 51.7 Å². The Morgan fingerprint density at radius 2 is 2.16 bits per heavy atom. The lowest BCUT2D eigenvalue weighted by Crippen LogP contribution is -2.17. The molecule has 1 N–H and O–H groups in total. The number of nitrogens with one attached hydrogen (secondary N) is 1. The first-order valence-corrected chi connectivity index (χ1v) is 7.55. The quantitative estimate of drug-likeness (QED) is 0.860. The van der Waals surface area contributed by atoms with E-state index in [-0.39, 0.29) is 6.04 Å². The second-order valence-corrected chi connectivity index (χ2v) is 5.52. The van der Waals surface area contributed by atoms with Crippen molar-refractivity contribution < 1.29 is 4.74 Å². The van der Waals surface area contributed by atoms with E-state index in [1.807, 2.05) is 13.1 Å². The summed E-state index contributed by atoms with van der Waals surface area (Å²) in [5.74, 6) is 0.963. The molecule has 1 aromatic carbocycles. The third-order valence-corrected chi connectivity index (χ3v) is 4.21. The molecule has 1 atom stereocenters. The molecule has 0 aliphatic carbocycles. The molecule has 0 radical (unpaired) electrons.